The van der Waals surface area contributed by atoms with E-state index in [4.69, 9.17) is 16.3 Å². The molecule has 1 heterocycles. The van der Waals surface area contributed by atoms with Gasteiger partial charge in [0, 0.05) is 16.3 Å². The molecule has 1 aliphatic rings. The molecule has 0 unspecified atom stereocenters. The van der Waals surface area contributed by atoms with Crippen LogP contribution in [-0.4, -0.2) is 24.8 Å². The number of carbonyl (C=O) groups excluding carboxylic acids is 3. The molecule has 2 N–H and O–H groups in total. The first-order valence-electron chi connectivity index (χ1n) is 12.3. The summed E-state index contributed by atoms with van der Waals surface area (Å²) >= 11 is 7.30. The summed E-state index contributed by atoms with van der Waals surface area (Å²) in [6, 6.07) is 28.3. The molecule has 0 aromatic heterocycles. The van der Waals surface area contributed by atoms with Gasteiger partial charge in [-0.25, -0.2) is 4.90 Å². The van der Waals surface area contributed by atoms with Crippen molar-refractivity contribution in [3.8, 4) is 5.75 Å². The molecule has 5 rings (SSSR count). The van der Waals surface area contributed by atoms with Crippen molar-refractivity contribution >= 4 is 58.1 Å². The molecule has 0 saturated carbocycles. The summed E-state index contributed by atoms with van der Waals surface area (Å²) in [6.07, 6.45) is 0. The quantitative estimate of drug-likeness (QED) is 0.224. The summed E-state index contributed by atoms with van der Waals surface area (Å²) in [7, 11) is 1.50. The SMILES string of the molecule is COc1ccc(C)cc1N1C(=O)C(Nc2ccccc2)=C(Sc2ccc(NC(=O)c3ccccc3Cl)cc2)C1=O. The number of hydrogen-bond acceptors (Lipinski definition) is 6. The summed E-state index contributed by atoms with van der Waals surface area (Å²) in [5.41, 5.74) is 3.02. The first kappa shape index (κ1) is 27.1. The molecule has 3 amide bonds. The zero-order valence-electron chi connectivity index (χ0n) is 21.6. The van der Waals surface area contributed by atoms with E-state index in [9.17, 15) is 14.4 Å². The van der Waals surface area contributed by atoms with Crippen LogP contribution in [0.15, 0.2) is 113 Å². The van der Waals surface area contributed by atoms with Gasteiger partial charge in [0.15, 0.2) is 0 Å². The number of amides is 3. The van der Waals surface area contributed by atoms with Gasteiger partial charge in [-0.1, -0.05) is 59.8 Å². The molecule has 0 spiro atoms. The summed E-state index contributed by atoms with van der Waals surface area (Å²) in [5.74, 6) is -0.865. The lowest BCUT2D eigenvalue weighted by molar-refractivity contribution is -0.120. The highest BCUT2D eigenvalue weighted by atomic mass is 35.5. The number of nitrogens with zero attached hydrogens (tertiary/aromatic N) is 1. The molecule has 0 saturated heterocycles. The number of carbonyl (C=O) groups is 3. The molecule has 4 aromatic rings. The van der Waals surface area contributed by atoms with Crippen LogP contribution in [0, 0.1) is 6.92 Å². The van der Waals surface area contributed by atoms with Crippen molar-refractivity contribution in [1.82, 2.24) is 0 Å². The van der Waals surface area contributed by atoms with Gasteiger partial charge in [-0.15, -0.1) is 0 Å². The summed E-state index contributed by atoms with van der Waals surface area (Å²) < 4.78 is 5.47. The van der Waals surface area contributed by atoms with Gasteiger partial charge in [-0.05, 0) is 73.2 Å². The highest BCUT2D eigenvalue weighted by molar-refractivity contribution is 8.04. The highest BCUT2D eigenvalue weighted by Crippen LogP contribution is 2.41. The van der Waals surface area contributed by atoms with E-state index in [0.29, 0.717) is 38.3 Å². The van der Waals surface area contributed by atoms with E-state index in [2.05, 4.69) is 10.6 Å². The largest absolute Gasteiger partial charge is 0.495 e. The molecule has 0 radical (unpaired) electrons. The minimum atomic E-state index is -0.483. The number of aryl methyl sites for hydroxylation is 1. The van der Waals surface area contributed by atoms with Crippen molar-refractivity contribution < 1.29 is 19.1 Å². The van der Waals surface area contributed by atoms with Crippen molar-refractivity contribution in [2.75, 3.05) is 22.6 Å². The molecular formula is C31H24ClN3O4S. The lowest BCUT2D eigenvalue weighted by atomic mass is 10.2. The molecule has 200 valence electrons. The van der Waals surface area contributed by atoms with E-state index >= 15 is 0 Å². The third kappa shape index (κ3) is 5.59. The maximum atomic E-state index is 13.8. The standard InChI is InChI=1S/C31H24ClN3O4S/c1-19-12-17-26(39-2)25(18-19)35-30(37)27(33-20-8-4-3-5-9-20)28(31(35)38)40-22-15-13-21(14-16-22)34-29(36)23-10-6-7-11-24(23)32/h3-18,33H,1-2H3,(H,34,36). The Balaban J connectivity index is 1.44. The monoisotopic (exact) mass is 569 g/mol. The molecule has 40 heavy (non-hydrogen) atoms. The first-order valence-corrected chi connectivity index (χ1v) is 13.5. The molecule has 9 heteroatoms. The smallest absolute Gasteiger partial charge is 0.283 e. The predicted octanol–water partition coefficient (Wildman–Crippen LogP) is 6.90. The molecule has 1 aliphatic heterocycles. The lowest BCUT2D eigenvalue weighted by Crippen LogP contribution is -2.32. The van der Waals surface area contributed by atoms with E-state index < -0.39 is 11.8 Å². The number of ether oxygens (including phenoxy) is 1. The number of nitrogens with one attached hydrogen (secondary N) is 2. The average Bonchev–Trinajstić information content (AvgIpc) is 3.18. The minimum Gasteiger partial charge on any atom is -0.495 e. The van der Waals surface area contributed by atoms with Crippen LogP contribution in [0.1, 0.15) is 15.9 Å². The Morgan fingerprint density at radius 3 is 2.25 bits per heavy atom. The number of rotatable bonds is 8. The first-order chi connectivity index (χ1) is 19.4. The van der Waals surface area contributed by atoms with Crippen molar-refractivity contribution in [3.05, 3.63) is 124 Å². The molecule has 0 bridgehead atoms. The predicted molar refractivity (Wildman–Crippen MR) is 159 cm³/mol. The number of methoxy groups -OCH3 is 1. The summed E-state index contributed by atoms with van der Waals surface area (Å²) in [6.45, 7) is 1.88. The van der Waals surface area contributed by atoms with Crippen molar-refractivity contribution in [3.63, 3.8) is 0 Å². The van der Waals surface area contributed by atoms with Gasteiger partial charge in [0.05, 0.1) is 23.4 Å². The van der Waals surface area contributed by atoms with Crippen molar-refractivity contribution in [2.24, 2.45) is 0 Å². The van der Waals surface area contributed by atoms with Gasteiger partial charge in [-0.3, -0.25) is 14.4 Å². The zero-order valence-corrected chi connectivity index (χ0v) is 23.2. The van der Waals surface area contributed by atoms with Crippen LogP contribution in [0.2, 0.25) is 5.02 Å². The molecule has 0 atom stereocenters. The molecule has 0 aliphatic carbocycles. The van der Waals surface area contributed by atoms with Crippen LogP contribution in [0.25, 0.3) is 0 Å². The maximum absolute atomic E-state index is 13.8. The van der Waals surface area contributed by atoms with Crippen molar-refractivity contribution in [1.29, 1.82) is 0 Å². The van der Waals surface area contributed by atoms with Gasteiger partial charge in [0.25, 0.3) is 17.7 Å². The molecule has 0 fully saturated rings. The fraction of sp³-hybridized carbons (Fsp3) is 0.0645. The average molecular weight is 570 g/mol. The van der Waals surface area contributed by atoms with Gasteiger partial charge < -0.3 is 15.4 Å². The zero-order chi connectivity index (χ0) is 28.2. The Hall–Kier alpha value is -4.53. The van der Waals surface area contributed by atoms with Crippen LogP contribution >= 0.6 is 23.4 Å². The Labute approximate surface area is 240 Å². The number of benzene rings is 4. The van der Waals surface area contributed by atoms with Crippen LogP contribution in [-0.2, 0) is 9.59 Å². The van der Waals surface area contributed by atoms with E-state index in [1.54, 1.807) is 60.7 Å². The fourth-order valence-corrected chi connectivity index (χ4v) is 5.29. The van der Waals surface area contributed by atoms with E-state index in [0.717, 1.165) is 22.2 Å². The number of para-hydroxylation sites is 1. The highest BCUT2D eigenvalue weighted by Gasteiger charge is 2.41. The second-order valence-corrected chi connectivity index (χ2v) is 10.4. The Bertz CT molecular complexity index is 1640. The van der Waals surface area contributed by atoms with E-state index in [1.807, 2.05) is 43.3 Å². The third-order valence-corrected chi connectivity index (χ3v) is 7.53. The number of thioether (sulfide) groups is 1. The van der Waals surface area contributed by atoms with Crippen LogP contribution in [0.3, 0.4) is 0 Å². The molecule has 4 aromatic carbocycles. The van der Waals surface area contributed by atoms with E-state index in [1.165, 1.54) is 7.11 Å². The number of anilines is 3. The van der Waals surface area contributed by atoms with Gasteiger partial charge in [0.1, 0.15) is 16.4 Å². The van der Waals surface area contributed by atoms with E-state index in [-0.39, 0.29) is 16.5 Å². The van der Waals surface area contributed by atoms with Crippen LogP contribution < -0.4 is 20.3 Å². The fourth-order valence-electron chi connectivity index (χ4n) is 4.14. The van der Waals surface area contributed by atoms with Gasteiger partial charge in [0.2, 0.25) is 0 Å². The van der Waals surface area contributed by atoms with Crippen LogP contribution in [0.5, 0.6) is 5.75 Å². The summed E-state index contributed by atoms with van der Waals surface area (Å²) in [5, 5.41) is 6.32. The number of hydrogen-bond donors (Lipinski definition) is 2. The number of imide groups is 1. The number of halogens is 1. The second-order valence-electron chi connectivity index (χ2n) is 8.88. The third-order valence-electron chi connectivity index (χ3n) is 6.11. The maximum Gasteiger partial charge on any atom is 0.283 e. The summed E-state index contributed by atoms with van der Waals surface area (Å²) in [4.78, 5) is 42.2. The Kier molecular flexibility index (Phi) is 7.91. The molecular weight excluding hydrogens is 546 g/mol. The Morgan fingerprint density at radius 1 is 0.850 bits per heavy atom. The van der Waals surface area contributed by atoms with Gasteiger partial charge in [-0.2, -0.15) is 0 Å². The van der Waals surface area contributed by atoms with Gasteiger partial charge >= 0.3 is 0 Å². The topological polar surface area (TPSA) is 87.7 Å². The Morgan fingerprint density at radius 2 is 1.55 bits per heavy atom. The molecule has 7 nitrogen and oxygen atoms in total. The lowest BCUT2D eigenvalue weighted by Gasteiger charge is -2.19. The second kappa shape index (κ2) is 11.7. The minimum absolute atomic E-state index is 0.167. The normalized spacial score (nSPS) is 13.0. The van der Waals surface area contributed by atoms with Crippen molar-refractivity contribution in [2.45, 2.75) is 11.8 Å². The van der Waals surface area contributed by atoms with Crippen LogP contribution in [0.4, 0.5) is 17.1 Å².